The number of halogens is 2. The Bertz CT molecular complexity index is 654. The van der Waals surface area contributed by atoms with Crippen molar-refractivity contribution in [2.24, 2.45) is 0 Å². The minimum absolute atomic E-state index is 0.0103. The number of nitrogens with zero attached hydrogens (tertiary/aromatic N) is 1. The van der Waals surface area contributed by atoms with E-state index in [1.165, 1.54) is 5.56 Å². The smallest absolute Gasteiger partial charge is 0.254 e. The molecule has 0 spiro atoms. The summed E-state index contributed by atoms with van der Waals surface area (Å²) < 4.78 is 0.944. The fourth-order valence-electron chi connectivity index (χ4n) is 2.08. The van der Waals surface area contributed by atoms with E-state index in [-0.39, 0.29) is 11.9 Å². The number of amides is 1. The largest absolute Gasteiger partial charge is 0.335 e. The summed E-state index contributed by atoms with van der Waals surface area (Å²) in [5, 5.41) is 0.609. The van der Waals surface area contributed by atoms with Gasteiger partial charge < -0.3 is 4.90 Å². The van der Waals surface area contributed by atoms with E-state index in [0.29, 0.717) is 10.6 Å². The second kappa shape index (κ2) is 6.79. The minimum atomic E-state index is -0.0265. The maximum absolute atomic E-state index is 12.6. The van der Waals surface area contributed by atoms with Crippen LogP contribution in [-0.4, -0.2) is 17.9 Å². The molecule has 1 unspecified atom stereocenters. The van der Waals surface area contributed by atoms with Crippen molar-refractivity contribution in [3.63, 3.8) is 0 Å². The number of carbonyl (C=O) groups is 1. The van der Waals surface area contributed by atoms with Crippen molar-refractivity contribution in [2.75, 3.05) is 7.05 Å². The zero-order valence-electron chi connectivity index (χ0n) is 12.2. The molecule has 0 aliphatic carbocycles. The molecule has 0 saturated heterocycles. The number of rotatable bonds is 3. The van der Waals surface area contributed by atoms with Crippen LogP contribution in [0, 0.1) is 10.5 Å². The Balaban J connectivity index is 2.21. The molecule has 2 aromatic carbocycles. The topological polar surface area (TPSA) is 20.3 Å². The molecular weight excluding hydrogens is 397 g/mol. The molecule has 0 fully saturated rings. The summed E-state index contributed by atoms with van der Waals surface area (Å²) in [6, 6.07) is 13.7. The van der Waals surface area contributed by atoms with Crippen LogP contribution >= 0.6 is 34.2 Å². The van der Waals surface area contributed by atoms with Crippen LogP contribution < -0.4 is 0 Å². The molecule has 2 aromatic rings. The molecule has 0 saturated carbocycles. The van der Waals surface area contributed by atoms with Crippen LogP contribution in [0.1, 0.15) is 34.5 Å². The third-order valence-corrected chi connectivity index (χ3v) is 5.20. The van der Waals surface area contributed by atoms with Gasteiger partial charge in [-0.3, -0.25) is 4.79 Å². The van der Waals surface area contributed by atoms with Crippen LogP contribution in [0.3, 0.4) is 0 Å². The van der Waals surface area contributed by atoms with E-state index in [2.05, 4.69) is 53.8 Å². The van der Waals surface area contributed by atoms with Crippen molar-refractivity contribution in [1.82, 2.24) is 4.90 Å². The van der Waals surface area contributed by atoms with Crippen LogP contribution in [0.15, 0.2) is 42.5 Å². The normalized spacial score (nSPS) is 12.0. The third-order valence-electron chi connectivity index (χ3n) is 3.63. The Kier molecular flexibility index (Phi) is 5.27. The van der Waals surface area contributed by atoms with E-state index in [4.69, 9.17) is 11.6 Å². The maximum Gasteiger partial charge on any atom is 0.254 e. The highest BCUT2D eigenvalue weighted by Crippen LogP contribution is 2.24. The molecule has 0 radical (unpaired) electrons. The highest BCUT2D eigenvalue weighted by molar-refractivity contribution is 14.1. The number of benzene rings is 2. The summed E-state index contributed by atoms with van der Waals surface area (Å²) in [5.74, 6) is -0.0265. The standard InChI is InChI=1S/C17H17ClINO/c1-11-4-6-13(7-5-11)12(2)20(3)17(21)14-8-9-16(19)15(18)10-14/h4-10,12H,1-3H3. The van der Waals surface area contributed by atoms with E-state index in [1.807, 2.05) is 26.1 Å². The van der Waals surface area contributed by atoms with E-state index in [0.717, 1.165) is 9.13 Å². The van der Waals surface area contributed by atoms with E-state index in [9.17, 15) is 4.79 Å². The molecular formula is C17H17ClINO. The molecule has 0 aromatic heterocycles. The second-order valence-electron chi connectivity index (χ2n) is 5.13. The molecule has 110 valence electrons. The highest BCUT2D eigenvalue weighted by atomic mass is 127. The third kappa shape index (κ3) is 3.77. The van der Waals surface area contributed by atoms with Gasteiger partial charge in [0.05, 0.1) is 11.1 Å². The molecule has 0 heterocycles. The minimum Gasteiger partial charge on any atom is -0.335 e. The van der Waals surface area contributed by atoms with Gasteiger partial charge in [0.1, 0.15) is 0 Å². The van der Waals surface area contributed by atoms with Crippen LogP contribution in [0.4, 0.5) is 0 Å². The van der Waals surface area contributed by atoms with Crippen molar-refractivity contribution in [3.05, 3.63) is 67.7 Å². The SMILES string of the molecule is Cc1ccc(C(C)N(C)C(=O)c2ccc(I)c(Cl)c2)cc1. The Hall–Kier alpha value is -1.07. The Morgan fingerprint density at radius 2 is 1.81 bits per heavy atom. The Labute approximate surface area is 144 Å². The van der Waals surface area contributed by atoms with Gasteiger partial charge in [0.2, 0.25) is 0 Å². The molecule has 1 atom stereocenters. The quantitative estimate of drug-likeness (QED) is 0.642. The highest BCUT2D eigenvalue weighted by Gasteiger charge is 2.19. The Morgan fingerprint density at radius 1 is 1.19 bits per heavy atom. The van der Waals surface area contributed by atoms with Gasteiger partial charge >= 0.3 is 0 Å². The van der Waals surface area contributed by atoms with Gasteiger partial charge in [-0.25, -0.2) is 0 Å². The number of hydrogen-bond donors (Lipinski definition) is 0. The fourth-order valence-corrected chi connectivity index (χ4v) is 2.59. The zero-order chi connectivity index (χ0) is 15.6. The average Bonchev–Trinajstić information content (AvgIpc) is 2.48. The number of hydrogen-bond acceptors (Lipinski definition) is 1. The fraction of sp³-hybridized carbons (Fsp3) is 0.235. The molecule has 0 aliphatic heterocycles. The van der Waals surface area contributed by atoms with E-state index < -0.39 is 0 Å². The van der Waals surface area contributed by atoms with Gasteiger partial charge in [-0.1, -0.05) is 41.4 Å². The lowest BCUT2D eigenvalue weighted by Gasteiger charge is -2.25. The summed E-state index contributed by atoms with van der Waals surface area (Å²) >= 11 is 8.25. The van der Waals surface area contributed by atoms with Crippen molar-refractivity contribution in [2.45, 2.75) is 19.9 Å². The summed E-state index contributed by atoms with van der Waals surface area (Å²) in [6.45, 7) is 4.08. The lowest BCUT2D eigenvalue weighted by Crippen LogP contribution is -2.29. The molecule has 1 amide bonds. The molecule has 2 rings (SSSR count). The summed E-state index contributed by atoms with van der Waals surface area (Å²) in [7, 11) is 1.82. The molecule has 4 heteroatoms. The molecule has 2 nitrogen and oxygen atoms in total. The van der Waals surface area contributed by atoms with Gasteiger partial charge in [0.25, 0.3) is 5.91 Å². The van der Waals surface area contributed by atoms with Crippen molar-refractivity contribution < 1.29 is 4.79 Å². The van der Waals surface area contributed by atoms with Gasteiger partial charge in [-0.05, 0) is 60.2 Å². The van der Waals surface area contributed by atoms with Crippen LogP contribution in [0.25, 0.3) is 0 Å². The van der Waals surface area contributed by atoms with Crippen molar-refractivity contribution >= 4 is 40.1 Å². The summed E-state index contributed by atoms with van der Waals surface area (Å²) in [6.07, 6.45) is 0. The Morgan fingerprint density at radius 3 is 2.38 bits per heavy atom. The van der Waals surface area contributed by atoms with E-state index >= 15 is 0 Å². The van der Waals surface area contributed by atoms with Crippen LogP contribution in [0.2, 0.25) is 5.02 Å². The molecule has 21 heavy (non-hydrogen) atoms. The first-order valence-electron chi connectivity index (χ1n) is 6.69. The number of carbonyl (C=O) groups excluding carboxylic acids is 1. The predicted molar refractivity (Wildman–Crippen MR) is 95.9 cm³/mol. The maximum atomic E-state index is 12.6. The lowest BCUT2D eigenvalue weighted by atomic mass is 10.0. The second-order valence-corrected chi connectivity index (χ2v) is 6.70. The molecule has 0 aliphatic rings. The summed E-state index contributed by atoms with van der Waals surface area (Å²) in [5.41, 5.74) is 2.94. The first-order valence-corrected chi connectivity index (χ1v) is 8.14. The average molecular weight is 414 g/mol. The first-order chi connectivity index (χ1) is 9.90. The van der Waals surface area contributed by atoms with Gasteiger partial charge in [0, 0.05) is 16.2 Å². The first kappa shape index (κ1) is 16.3. The molecule has 0 N–H and O–H groups in total. The lowest BCUT2D eigenvalue weighted by molar-refractivity contribution is 0.0742. The van der Waals surface area contributed by atoms with Gasteiger partial charge in [-0.15, -0.1) is 0 Å². The molecule has 0 bridgehead atoms. The van der Waals surface area contributed by atoms with Gasteiger partial charge in [0.15, 0.2) is 0 Å². The number of aryl methyl sites for hydroxylation is 1. The van der Waals surface area contributed by atoms with Crippen LogP contribution in [0.5, 0.6) is 0 Å². The monoisotopic (exact) mass is 413 g/mol. The van der Waals surface area contributed by atoms with E-state index in [1.54, 1.807) is 11.0 Å². The van der Waals surface area contributed by atoms with Crippen LogP contribution in [-0.2, 0) is 0 Å². The van der Waals surface area contributed by atoms with Crippen molar-refractivity contribution in [3.8, 4) is 0 Å². The van der Waals surface area contributed by atoms with Gasteiger partial charge in [-0.2, -0.15) is 0 Å². The van der Waals surface area contributed by atoms with Crippen molar-refractivity contribution in [1.29, 1.82) is 0 Å². The zero-order valence-corrected chi connectivity index (χ0v) is 15.1. The summed E-state index contributed by atoms with van der Waals surface area (Å²) in [4.78, 5) is 14.3. The predicted octanol–water partition coefficient (Wildman–Crippen LogP) is 5.09.